The van der Waals surface area contributed by atoms with Gasteiger partial charge in [0.2, 0.25) is 0 Å². The number of nitrogens with zero attached hydrogens (tertiary/aromatic N) is 1. The molecule has 1 aromatic carbocycles. The molecule has 1 aromatic heterocycles. The smallest absolute Gasteiger partial charge is 0.344 e. The fraction of sp³-hybridized carbons (Fsp3) is 0.167. The summed E-state index contributed by atoms with van der Waals surface area (Å²) in [5.41, 5.74) is 3.67. The minimum Gasteiger partial charge on any atom is -0.479 e. The Morgan fingerprint density at radius 1 is 1.41 bits per heavy atom. The minimum absolute atomic E-state index is 0.541. The van der Waals surface area contributed by atoms with Gasteiger partial charge in [-0.1, -0.05) is 0 Å². The molecule has 0 aliphatic carbocycles. The molecule has 88 valence electrons. The van der Waals surface area contributed by atoms with E-state index in [-0.39, 0.29) is 0 Å². The fourth-order valence-electron chi connectivity index (χ4n) is 1.31. The number of hydrogen-bond donors (Lipinski definition) is 1. The van der Waals surface area contributed by atoms with Gasteiger partial charge < -0.3 is 9.84 Å². The fourth-order valence-corrected chi connectivity index (χ4v) is 1.88. The van der Waals surface area contributed by atoms with Crippen LogP contribution in [0.5, 0.6) is 5.75 Å². The molecule has 0 spiro atoms. The molecule has 4 nitrogen and oxygen atoms in total. The molecule has 0 amide bonds. The van der Waals surface area contributed by atoms with Gasteiger partial charge in [-0.3, -0.25) is 0 Å². The van der Waals surface area contributed by atoms with E-state index in [0.717, 1.165) is 11.3 Å². The zero-order chi connectivity index (χ0) is 12.3. The van der Waals surface area contributed by atoms with E-state index in [9.17, 15) is 4.79 Å². The molecule has 1 atom stereocenters. The van der Waals surface area contributed by atoms with E-state index in [1.54, 1.807) is 17.6 Å². The molecule has 2 aromatic rings. The predicted molar refractivity (Wildman–Crippen MR) is 65.3 cm³/mol. The van der Waals surface area contributed by atoms with Crippen LogP contribution < -0.4 is 4.74 Å². The summed E-state index contributed by atoms with van der Waals surface area (Å²) in [5, 5.41) is 10.7. The van der Waals surface area contributed by atoms with E-state index >= 15 is 0 Å². The Morgan fingerprint density at radius 2 is 2.12 bits per heavy atom. The third kappa shape index (κ3) is 2.82. The number of aliphatic carboxylic acids is 1. The highest BCUT2D eigenvalue weighted by Crippen LogP contribution is 2.22. The van der Waals surface area contributed by atoms with Crippen molar-refractivity contribution in [3.8, 4) is 17.0 Å². The van der Waals surface area contributed by atoms with Crippen LogP contribution in [0.4, 0.5) is 0 Å². The van der Waals surface area contributed by atoms with Crippen LogP contribution in [0.2, 0.25) is 0 Å². The lowest BCUT2D eigenvalue weighted by molar-refractivity contribution is -0.144. The van der Waals surface area contributed by atoms with Crippen molar-refractivity contribution in [2.24, 2.45) is 0 Å². The number of carboxylic acid groups (broad SMARTS) is 1. The van der Waals surface area contributed by atoms with Crippen LogP contribution in [0, 0.1) is 0 Å². The second-order valence-corrected chi connectivity index (χ2v) is 4.22. The number of thiazole rings is 1. The first-order valence-corrected chi connectivity index (χ1v) is 5.99. The summed E-state index contributed by atoms with van der Waals surface area (Å²) in [6.07, 6.45) is -0.847. The molecule has 0 saturated heterocycles. The average Bonchev–Trinajstić information content (AvgIpc) is 2.83. The maximum absolute atomic E-state index is 10.6. The van der Waals surface area contributed by atoms with Gasteiger partial charge in [-0.25, -0.2) is 9.78 Å². The third-order valence-electron chi connectivity index (χ3n) is 2.24. The SMILES string of the molecule is CC(Oc1ccc(-c2cscn2)cc1)C(=O)O. The highest BCUT2D eigenvalue weighted by Gasteiger charge is 2.12. The van der Waals surface area contributed by atoms with Crippen LogP contribution in [0.1, 0.15) is 6.92 Å². The Morgan fingerprint density at radius 3 is 2.65 bits per heavy atom. The van der Waals surface area contributed by atoms with Gasteiger partial charge in [0.1, 0.15) is 5.75 Å². The molecule has 0 radical (unpaired) electrons. The molecule has 1 N–H and O–H groups in total. The lowest BCUT2D eigenvalue weighted by atomic mass is 10.2. The zero-order valence-corrected chi connectivity index (χ0v) is 9.98. The van der Waals surface area contributed by atoms with Crippen molar-refractivity contribution in [2.75, 3.05) is 0 Å². The second kappa shape index (κ2) is 4.97. The summed E-state index contributed by atoms with van der Waals surface area (Å²) in [6.45, 7) is 1.50. The summed E-state index contributed by atoms with van der Waals surface area (Å²) >= 11 is 1.53. The van der Waals surface area contributed by atoms with Crippen LogP contribution in [0.25, 0.3) is 11.3 Å². The molecule has 0 aliphatic rings. The van der Waals surface area contributed by atoms with Gasteiger partial charge in [0, 0.05) is 10.9 Å². The number of rotatable bonds is 4. The largest absolute Gasteiger partial charge is 0.479 e. The molecule has 0 aliphatic heterocycles. The Balaban J connectivity index is 2.11. The van der Waals surface area contributed by atoms with E-state index in [1.807, 2.05) is 17.5 Å². The molecule has 0 saturated carbocycles. The second-order valence-electron chi connectivity index (χ2n) is 3.50. The number of aromatic nitrogens is 1. The van der Waals surface area contributed by atoms with Gasteiger partial charge in [0.15, 0.2) is 6.10 Å². The summed E-state index contributed by atoms with van der Waals surface area (Å²) in [4.78, 5) is 14.8. The van der Waals surface area contributed by atoms with Crippen LogP contribution in [0.15, 0.2) is 35.2 Å². The quantitative estimate of drug-likeness (QED) is 0.905. The van der Waals surface area contributed by atoms with Crippen molar-refractivity contribution in [1.29, 1.82) is 0 Å². The molecule has 0 fully saturated rings. The normalized spacial score (nSPS) is 12.1. The molecule has 2 rings (SSSR count). The van der Waals surface area contributed by atoms with E-state index < -0.39 is 12.1 Å². The lowest BCUT2D eigenvalue weighted by Gasteiger charge is -2.10. The van der Waals surface area contributed by atoms with Crippen LogP contribution in [-0.2, 0) is 4.79 Å². The first-order valence-electron chi connectivity index (χ1n) is 5.05. The minimum atomic E-state index is -0.978. The zero-order valence-electron chi connectivity index (χ0n) is 9.16. The van der Waals surface area contributed by atoms with Gasteiger partial charge in [-0.05, 0) is 31.2 Å². The number of ether oxygens (including phenoxy) is 1. The molecule has 0 bridgehead atoms. The van der Waals surface area contributed by atoms with Crippen molar-refractivity contribution < 1.29 is 14.6 Å². The van der Waals surface area contributed by atoms with Crippen LogP contribution >= 0.6 is 11.3 Å². The average molecular weight is 249 g/mol. The third-order valence-corrected chi connectivity index (χ3v) is 2.83. The Bertz CT molecular complexity index is 493. The predicted octanol–water partition coefficient (Wildman–Crippen LogP) is 2.66. The number of hydrogen-bond acceptors (Lipinski definition) is 4. The molecular weight excluding hydrogens is 238 g/mol. The van der Waals surface area contributed by atoms with Gasteiger partial charge in [-0.15, -0.1) is 11.3 Å². The van der Waals surface area contributed by atoms with Gasteiger partial charge in [-0.2, -0.15) is 0 Å². The number of carbonyl (C=O) groups is 1. The molecule has 1 unspecified atom stereocenters. The summed E-state index contributed by atoms with van der Waals surface area (Å²) in [6, 6.07) is 7.21. The molecule has 1 heterocycles. The van der Waals surface area contributed by atoms with Crippen LogP contribution in [-0.4, -0.2) is 22.2 Å². The highest BCUT2D eigenvalue weighted by atomic mass is 32.1. The number of benzene rings is 1. The van der Waals surface area contributed by atoms with Crippen molar-refractivity contribution in [3.05, 3.63) is 35.2 Å². The van der Waals surface area contributed by atoms with Gasteiger partial charge in [0.05, 0.1) is 11.2 Å². The summed E-state index contributed by atoms with van der Waals surface area (Å²) in [7, 11) is 0. The van der Waals surface area contributed by atoms with Crippen molar-refractivity contribution in [1.82, 2.24) is 4.98 Å². The maximum atomic E-state index is 10.6. The van der Waals surface area contributed by atoms with E-state index in [4.69, 9.17) is 9.84 Å². The van der Waals surface area contributed by atoms with E-state index in [2.05, 4.69) is 4.98 Å². The topological polar surface area (TPSA) is 59.4 Å². The van der Waals surface area contributed by atoms with E-state index in [1.165, 1.54) is 18.3 Å². The van der Waals surface area contributed by atoms with E-state index in [0.29, 0.717) is 5.75 Å². The highest BCUT2D eigenvalue weighted by molar-refractivity contribution is 7.07. The number of carboxylic acids is 1. The first-order chi connectivity index (χ1) is 8.16. The van der Waals surface area contributed by atoms with Crippen molar-refractivity contribution >= 4 is 17.3 Å². The lowest BCUT2D eigenvalue weighted by Crippen LogP contribution is -2.22. The van der Waals surface area contributed by atoms with Crippen molar-refractivity contribution in [3.63, 3.8) is 0 Å². The maximum Gasteiger partial charge on any atom is 0.344 e. The Kier molecular flexibility index (Phi) is 3.39. The molecular formula is C12H11NO3S. The summed E-state index contributed by atoms with van der Waals surface area (Å²) in [5.74, 6) is -0.438. The van der Waals surface area contributed by atoms with Crippen molar-refractivity contribution in [2.45, 2.75) is 13.0 Å². The molecule has 17 heavy (non-hydrogen) atoms. The van der Waals surface area contributed by atoms with Gasteiger partial charge in [0.25, 0.3) is 0 Å². The monoisotopic (exact) mass is 249 g/mol. The van der Waals surface area contributed by atoms with Gasteiger partial charge >= 0.3 is 5.97 Å². The Hall–Kier alpha value is -1.88. The summed E-state index contributed by atoms with van der Waals surface area (Å²) < 4.78 is 5.23. The molecule has 5 heteroatoms. The van der Waals surface area contributed by atoms with Crippen LogP contribution in [0.3, 0.4) is 0 Å². The Labute approximate surface area is 103 Å². The standard InChI is InChI=1S/C12H11NO3S/c1-8(12(14)15)16-10-4-2-9(3-5-10)11-6-17-7-13-11/h2-8H,1H3,(H,14,15). The first kappa shape index (κ1) is 11.6.